The number of carbonyl (C=O) groups is 1. The van der Waals surface area contributed by atoms with E-state index in [1.165, 1.54) is 6.33 Å². The zero-order valence-corrected chi connectivity index (χ0v) is 18.6. The van der Waals surface area contributed by atoms with Gasteiger partial charge < -0.3 is 16.4 Å². The molecule has 168 valence electrons. The zero-order chi connectivity index (χ0) is 22.8. The molecule has 1 saturated heterocycles. The number of nitrogens with one attached hydrogen (secondary N) is 2. The highest BCUT2D eigenvalue weighted by molar-refractivity contribution is 5.98. The molecule has 8 nitrogen and oxygen atoms in total. The van der Waals surface area contributed by atoms with Crippen LogP contribution < -0.4 is 16.4 Å². The zero-order valence-electron chi connectivity index (χ0n) is 18.6. The second-order valence-electron chi connectivity index (χ2n) is 8.45. The molecule has 1 aliphatic rings. The molecule has 2 aromatic carbocycles. The molecular formula is C25H27N7O. The van der Waals surface area contributed by atoms with Gasteiger partial charge in [-0.2, -0.15) is 5.10 Å². The lowest BCUT2D eigenvalue weighted by Crippen LogP contribution is -2.32. The molecule has 8 heteroatoms. The fourth-order valence-corrected chi connectivity index (χ4v) is 4.38. The van der Waals surface area contributed by atoms with E-state index in [9.17, 15) is 4.79 Å². The summed E-state index contributed by atoms with van der Waals surface area (Å²) in [5.74, 6) is 0.354. The number of fused-ring (bicyclic) bond motifs is 1. The second kappa shape index (κ2) is 8.99. The number of rotatable bonds is 5. The van der Waals surface area contributed by atoms with Gasteiger partial charge in [-0.05, 0) is 43.5 Å². The van der Waals surface area contributed by atoms with Gasteiger partial charge >= 0.3 is 0 Å². The predicted octanol–water partition coefficient (Wildman–Crippen LogP) is 3.24. The third-order valence-corrected chi connectivity index (χ3v) is 6.21. The van der Waals surface area contributed by atoms with E-state index >= 15 is 0 Å². The standard InChI is InChI=1S/C25H27N7O/c1-16-5-2-3-7-20(16)25(33)28-13-17-8-10-18(11-9-17)22-21-23(26)29-15-30-24(21)32(31-22)19-6-4-12-27-14-19/h2-3,5,7-11,15,19,27H,4,6,12-14H2,1H3,(H,28,33)(H2,26,29,30)/t19-/m1/s1. The first kappa shape index (κ1) is 21.1. The molecule has 2 aromatic heterocycles. The van der Waals surface area contributed by atoms with E-state index in [-0.39, 0.29) is 11.9 Å². The Labute approximate surface area is 192 Å². The van der Waals surface area contributed by atoms with Crippen molar-refractivity contribution in [2.75, 3.05) is 18.8 Å². The molecule has 0 aliphatic carbocycles. The van der Waals surface area contributed by atoms with Crippen molar-refractivity contribution >= 4 is 22.8 Å². The van der Waals surface area contributed by atoms with E-state index in [0.717, 1.165) is 59.3 Å². The Morgan fingerprint density at radius 2 is 2.00 bits per heavy atom. The van der Waals surface area contributed by atoms with Crippen LogP contribution in [0.5, 0.6) is 0 Å². The quantitative estimate of drug-likeness (QED) is 0.439. The highest BCUT2D eigenvalue weighted by Crippen LogP contribution is 2.32. The van der Waals surface area contributed by atoms with Gasteiger partial charge in [0.25, 0.3) is 5.91 Å². The van der Waals surface area contributed by atoms with Gasteiger partial charge in [0.15, 0.2) is 5.65 Å². The molecule has 0 unspecified atom stereocenters. The van der Waals surface area contributed by atoms with Gasteiger partial charge in [-0.15, -0.1) is 0 Å². The van der Waals surface area contributed by atoms with Crippen molar-refractivity contribution in [2.24, 2.45) is 0 Å². The van der Waals surface area contributed by atoms with E-state index in [4.69, 9.17) is 10.8 Å². The minimum Gasteiger partial charge on any atom is -0.383 e. The normalized spacial score (nSPS) is 16.1. The van der Waals surface area contributed by atoms with E-state index in [2.05, 4.69) is 20.6 Å². The van der Waals surface area contributed by atoms with Crippen molar-refractivity contribution in [3.8, 4) is 11.3 Å². The molecule has 0 spiro atoms. The first-order chi connectivity index (χ1) is 16.1. The van der Waals surface area contributed by atoms with Crippen molar-refractivity contribution in [1.82, 2.24) is 30.4 Å². The summed E-state index contributed by atoms with van der Waals surface area (Å²) in [5, 5.41) is 12.1. The van der Waals surface area contributed by atoms with Crippen molar-refractivity contribution in [3.63, 3.8) is 0 Å². The monoisotopic (exact) mass is 441 g/mol. The molecule has 4 N–H and O–H groups in total. The predicted molar refractivity (Wildman–Crippen MR) is 129 cm³/mol. The summed E-state index contributed by atoms with van der Waals surface area (Å²) in [6, 6.07) is 15.8. The molecule has 0 bridgehead atoms. The average molecular weight is 442 g/mol. The van der Waals surface area contributed by atoms with Crippen LogP contribution in [-0.2, 0) is 6.54 Å². The number of anilines is 1. The van der Waals surface area contributed by atoms with Crippen LogP contribution in [0.1, 0.15) is 40.4 Å². The Kier molecular flexibility index (Phi) is 5.75. The lowest BCUT2D eigenvalue weighted by Gasteiger charge is -2.23. The Bertz CT molecular complexity index is 1290. The van der Waals surface area contributed by atoms with Gasteiger partial charge in [-0.3, -0.25) is 4.79 Å². The number of piperidine rings is 1. The number of nitrogens with zero attached hydrogens (tertiary/aromatic N) is 4. The number of aryl methyl sites for hydroxylation is 1. The van der Waals surface area contributed by atoms with Gasteiger partial charge in [0, 0.05) is 24.2 Å². The minimum atomic E-state index is -0.0760. The molecule has 4 aromatic rings. The van der Waals surface area contributed by atoms with Crippen LogP contribution in [0, 0.1) is 6.92 Å². The lowest BCUT2D eigenvalue weighted by molar-refractivity contribution is 0.0950. The molecular weight excluding hydrogens is 414 g/mol. The van der Waals surface area contributed by atoms with E-state index in [1.807, 2.05) is 60.1 Å². The van der Waals surface area contributed by atoms with Crippen LogP contribution in [0.25, 0.3) is 22.3 Å². The number of benzene rings is 2. The van der Waals surface area contributed by atoms with Crippen LogP contribution in [0.2, 0.25) is 0 Å². The minimum absolute atomic E-state index is 0.0760. The van der Waals surface area contributed by atoms with Crippen LogP contribution in [0.15, 0.2) is 54.9 Å². The maximum absolute atomic E-state index is 12.5. The fraction of sp³-hybridized carbons (Fsp3) is 0.280. The number of amides is 1. The van der Waals surface area contributed by atoms with Crippen molar-refractivity contribution < 1.29 is 4.79 Å². The Morgan fingerprint density at radius 3 is 2.76 bits per heavy atom. The number of carbonyl (C=O) groups excluding carboxylic acids is 1. The topological polar surface area (TPSA) is 111 Å². The van der Waals surface area contributed by atoms with Crippen molar-refractivity contribution in [2.45, 2.75) is 32.4 Å². The summed E-state index contributed by atoms with van der Waals surface area (Å²) in [5.41, 5.74) is 11.4. The maximum atomic E-state index is 12.5. The van der Waals surface area contributed by atoms with Gasteiger partial charge in [-0.1, -0.05) is 42.5 Å². The van der Waals surface area contributed by atoms with Crippen molar-refractivity contribution in [1.29, 1.82) is 0 Å². The number of hydrogen-bond acceptors (Lipinski definition) is 6. The SMILES string of the molecule is Cc1ccccc1C(=O)NCc1ccc(-c2nn([C@@H]3CCCNC3)c3ncnc(N)c23)cc1. The van der Waals surface area contributed by atoms with Gasteiger partial charge in [0.2, 0.25) is 0 Å². The maximum Gasteiger partial charge on any atom is 0.251 e. The highest BCUT2D eigenvalue weighted by Gasteiger charge is 2.23. The van der Waals surface area contributed by atoms with Crippen LogP contribution in [0.3, 0.4) is 0 Å². The van der Waals surface area contributed by atoms with E-state index < -0.39 is 0 Å². The molecule has 1 atom stereocenters. The van der Waals surface area contributed by atoms with Crippen LogP contribution >= 0.6 is 0 Å². The fourth-order valence-electron chi connectivity index (χ4n) is 4.38. The van der Waals surface area contributed by atoms with Gasteiger partial charge in [0.1, 0.15) is 17.8 Å². The molecule has 1 amide bonds. The average Bonchev–Trinajstić information content (AvgIpc) is 3.25. The summed E-state index contributed by atoms with van der Waals surface area (Å²) in [6.45, 7) is 4.27. The molecule has 1 aliphatic heterocycles. The lowest BCUT2D eigenvalue weighted by atomic mass is 10.1. The number of hydrogen-bond donors (Lipinski definition) is 3. The molecule has 0 saturated carbocycles. The summed E-state index contributed by atoms with van der Waals surface area (Å²) >= 11 is 0. The van der Waals surface area contributed by atoms with Crippen molar-refractivity contribution in [3.05, 3.63) is 71.5 Å². The van der Waals surface area contributed by atoms with Crippen LogP contribution in [-0.4, -0.2) is 38.7 Å². The highest BCUT2D eigenvalue weighted by atomic mass is 16.1. The first-order valence-electron chi connectivity index (χ1n) is 11.2. The summed E-state index contributed by atoms with van der Waals surface area (Å²) < 4.78 is 1.99. The smallest absolute Gasteiger partial charge is 0.251 e. The summed E-state index contributed by atoms with van der Waals surface area (Å²) in [4.78, 5) is 21.2. The summed E-state index contributed by atoms with van der Waals surface area (Å²) in [6.07, 6.45) is 3.65. The Balaban J connectivity index is 1.39. The van der Waals surface area contributed by atoms with E-state index in [0.29, 0.717) is 17.9 Å². The number of nitrogen functional groups attached to an aromatic ring is 1. The summed E-state index contributed by atoms with van der Waals surface area (Å²) in [7, 11) is 0. The first-order valence-corrected chi connectivity index (χ1v) is 11.2. The molecule has 0 radical (unpaired) electrons. The third kappa shape index (κ3) is 4.17. The Hall–Kier alpha value is -3.78. The second-order valence-corrected chi connectivity index (χ2v) is 8.45. The number of nitrogens with two attached hydrogens (primary N) is 1. The van der Waals surface area contributed by atoms with E-state index in [1.54, 1.807) is 0 Å². The molecule has 3 heterocycles. The third-order valence-electron chi connectivity index (χ3n) is 6.21. The Morgan fingerprint density at radius 1 is 1.18 bits per heavy atom. The van der Waals surface area contributed by atoms with Crippen LogP contribution in [0.4, 0.5) is 5.82 Å². The molecule has 33 heavy (non-hydrogen) atoms. The molecule has 5 rings (SSSR count). The van der Waals surface area contributed by atoms with Gasteiger partial charge in [0.05, 0.1) is 11.4 Å². The van der Waals surface area contributed by atoms with Gasteiger partial charge in [-0.25, -0.2) is 14.6 Å². The largest absolute Gasteiger partial charge is 0.383 e. The molecule has 1 fully saturated rings. The number of aromatic nitrogens is 4.